The number of amides is 2. The summed E-state index contributed by atoms with van der Waals surface area (Å²) in [6, 6.07) is 17.3. The van der Waals surface area contributed by atoms with Crippen LogP contribution in [0.1, 0.15) is 43.9 Å². The zero-order chi connectivity index (χ0) is 29.6. The van der Waals surface area contributed by atoms with Gasteiger partial charge in [0.2, 0.25) is 11.8 Å². The number of hydrogen-bond donors (Lipinski definition) is 1. The molecule has 0 heterocycles. The quantitative estimate of drug-likeness (QED) is 0.285. The van der Waals surface area contributed by atoms with Gasteiger partial charge in [0.05, 0.1) is 10.6 Å². The molecular formula is C30H35Cl2N3O4S. The number of hydrogen-bond acceptors (Lipinski definition) is 4. The van der Waals surface area contributed by atoms with Crippen LogP contribution in [0.3, 0.4) is 0 Å². The first kappa shape index (κ1) is 31.5. The highest BCUT2D eigenvalue weighted by atomic mass is 35.5. The van der Waals surface area contributed by atoms with E-state index < -0.39 is 28.5 Å². The molecule has 0 fully saturated rings. The number of carbonyl (C=O) groups excluding carboxylic acids is 2. The third-order valence-corrected chi connectivity index (χ3v) is 8.78. The minimum absolute atomic E-state index is 0.00905. The molecule has 0 saturated heterocycles. The molecule has 10 heteroatoms. The van der Waals surface area contributed by atoms with Gasteiger partial charge in [0.15, 0.2) is 0 Å². The van der Waals surface area contributed by atoms with E-state index in [1.165, 1.54) is 17.0 Å². The molecule has 0 aromatic heterocycles. The van der Waals surface area contributed by atoms with Crippen LogP contribution in [0.25, 0.3) is 0 Å². The fourth-order valence-electron chi connectivity index (χ4n) is 4.35. The number of rotatable bonds is 11. The summed E-state index contributed by atoms with van der Waals surface area (Å²) in [6.45, 7) is 8.60. The van der Waals surface area contributed by atoms with Gasteiger partial charge in [-0.1, -0.05) is 66.5 Å². The average Bonchev–Trinajstić information content (AvgIpc) is 2.89. The van der Waals surface area contributed by atoms with Crippen LogP contribution in [0.4, 0.5) is 5.69 Å². The number of carbonyl (C=O) groups is 2. The molecule has 1 unspecified atom stereocenters. The lowest BCUT2D eigenvalue weighted by atomic mass is 10.1. The molecule has 0 aliphatic rings. The predicted octanol–water partition coefficient (Wildman–Crippen LogP) is 6.14. The molecular weight excluding hydrogens is 569 g/mol. The van der Waals surface area contributed by atoms with Crippen molar-refractivity contribution in [2.45, 2.75) is 64.6 Å². The molecule has 1 atom stereocenters. The minimum atomic E-state index is -4.14. The fourth-order valence-corrected chi connectivity index (χ4v) is 6.31. The summed E-state index contributed by atoms with van der Waals surface area (Å²) in [5, 5.41) is 3.65. The summed E-state index contributed by atoms with van der Waals surface area (Å²) in [5.41, 5.74) is 2.50. The van der Waals surface area contributed by atoms with E-state index in [0.29, 0.717) is 33.3 Å². The summed E-state index contributed by atoms with van der Waals surface area (Å²) < 4.78 is 29.0. The smallest absolute Gasteiger partial charge is 0.264 e. The lowest BCUT2D eigenvalue weighted by Gasteiger charge is -2.34. The Balaban J connectivity index is 2.12. The Labute approximate surface area is 247 Å². The molecule has 214 valence electrons. The molecule has 1 N–H and O–H groups in total. The van der Waals surface area contributed by atoms with Crippen LogP contribution in [-0.2, 0) is 26.2 Å². The number of halogens is 2. The second-order valence-electron chi connectivity index (χ2n) is 9.96. The number of anilines is 1. The minimum Gasteiger partial charge on any atom is -0.352 e. The Bertz CT molecular complexity index is 1460. The van der Waals surface area contributed by atoms with Crippen LogP contribution < -0.4 is 9.62 Å². The van der Waals surface area contributed by atoms with E-state index in [9.17, 15) is 18.0 Å². The maximum atomic E-state index is 14.1. The Kier molecular flexibility index (Phi) is 10.6. The zero-order valence-electron chi connectivity index (χ0n) is 23.3. The van der Waals surface area contributed by atoms with Crippen molar-refractivity contribution in [1.29, 1.82) is 0 Å². The Morgan fingerprint density at radius 3 is 2.23 bits per heavy atom. The van der Waals surface area contributed by atoms with Gasteiger partial charge in [-0.2, -0.15) is 0 Å². The highest BCUT2D eigenvalue weighted by Crippen LogP contribution is 2.29. The van der Waals surface area contributed by atoms with E-state index in [4.69, 9.17) is 23.2 Å². The summed E-state index contributed by atoms with van der Waals surface area (Å²) >= 11 is 12.5. The number of benzene rings is 3. The largest absolute Gasteiger partial charge is 0.352 e. The third kappa shape index (κ3) is 7.56. The van der Waals surface area contributed by atoms with Gasteiger partial charge in [-0.05, 0) is 81.1 Å². The van der Waals surface area contributed by atoms with Gasteiger partial charge < -0.3 is 10.2 Å². The first-order valence-corrected chi connectivity index (χ1v) is 15.2. The lowest BCUT2D eigenvalue weighted by Crippen LogP contribution is -2.53. The molecule has 0 aliphatic carbocycles. The second kappa shape index (κ2) is 13.5. The molecule has 3 aromatic rings. The molecule has 3 aromatic carbocycles. The Morgan fingerprint density at radius 2 is 1.62 bits per heavy atom. The standard InChI is InChI=1S/C30H35Cl2N3O4S/c1-6-27(30(37)33-20(2)3)34(18-23-14-15-24(31)17-26(23)32)29(36)19-35(28-16-21(4)12-13-22(28)5)40(38,39)25-10-8-7-9-11-25/h7-17,20,27H,6,18-19H2,1-5H3,(H,33,37). The maximum Gasteiger partial charge on any atom is 0.264 e. The zero-order valence-corrected chi connectivity index (χ0v) is 25.6. The molecule has 7 nitrogen and oxygen atoms in total. The van der Waals surface area contributed by atoms with Crippen LogP contribution in [0.2, 0.25) is 10.0 Å². The van der Waals surface area contributed by atoms with Crippen molar-refractivity contribution in [1.82, 2.24) is 10.2 Å². The van der Waals surface area contributed by atoms with Gasteiger partial charge in [0.25, 0.3) is 10.0 Å². The highest BCUT2D eigenvalue weighted by molar-refractivity contribution is 7.92. The number of aryl methyl sites for hydroxylation is 2. The molecule has 2 amide bonds. The predicted molar refractivity (Wildman–Crippen MR) is 161 cm³/mol. The highest BCUT2D eigenvalue weighted by Gasteiger charge is 2.34. The summed E-state index contributed by atoms with van der Waals surface area (Å²) in [6.07, 6.45) is 0.310. The maximum absolute atomic E-state index is 14.1. The van der Waals surface area contributed by atoms with Gasteiger partial charge in [0.1, 0.15) is 12.6 Å². The monoisotopic (exact) mass is 603 g/mol. The van der Waals surface area contributed by atoms with E-state index in [2.05, 4.69) is 5.32 Å². The van der Waals surface area contributed by atoms with E-state index in [1.807, 2.05) is 32.9 Å². The Morgan fingerprint density at radius 1 is 0.950 bits per heavy atom. The first-order valence-electron chi connectivity index (χ1n) is 13.0. The van der Waals surface area contributed by atoms with Crippen molar-refractivity contribution in [2.75, 3.05) is 10.8 Å². The molecule has 0 radical (unpaired) electrons. The normalized spacial score (nSPS) is 12.2. The SMILES string of the molecule is CCC(C(=O)NC(C)C)N(Cc1ccc(Cl)cc1Cl)C(=O)CN(c1cc(C)ccc1C)S(=O)(=O)c1ccccc1. The lowest BCUT2D eigenvalue weighted by molar-refractivity contribution is -0.140. The van der Waals surface area contributed by atoms with Gasteiger partial charge in [-0.25, -0.2) is 8.42 Å². The Hall–Kier alpha value is -3.07. The van der Waals surface area contributed by atoms with Crippen molar-refractivity contribution in [3.05, 3.63) is 93.5 Å². The number of nitrogens with zero attached hydrogens (tertiary/aromatic N) is 2. The number of sulfonamides is 1. The number of nitrogens with one attached hydrogen (secondary N) is 1. The molecule has 0 bridgehead atoms. The summed E-state index contributed by atoms with van der Waals surface area (Å²) in [7, 11) is -4.14. The molecule has 40 heavy (non-hydrogen) atoms. The van der Waals surface area contributed by atoms with Gasteiger partial charge >= 0.3 is 0 Å². The van der Waals surface area contributed by atoms with Crippen molar-refractivity contribution in [2.24, 2.45) is 0 Å². The van der Waals surface area contributed by atoms with Crippen molar-refractivity contribution >= 4 is 50.7 Å². The van der Waals surface area contributed by atoms with Crippen molar-refractivity contribution in [3.8, 4) is 0 Å². The summed E-state index contributed by atoms with van der Waals surface area (Å²) in [4.78, 5) is 28.8. The van der Waals surface area contributed by atoms with E-state index in [0.717, 1.165) is 9.87 Å². The molecule has 0 aliphatic heterocycles. The average molecular weight is 605 g/mol. The van der Waals surface area contributed by atoms with Crippen LogP contribution in [-0.4, -0.2) is 43.8 Å². The molecule has 0 saturated carbocycles. The topological polar surface area (TPSA) is 86.8 Å². The van der Waals surface area contributed by atoms with Gasteiger partial charge in [0, 0.05) is 22.6 Å². The van der Waals surface area contributed by atoms with Crippen LogP contribution in [0.15, 0.2) is 71.6 Å². The van der Waals surface area contributed by atoms with Gasteiger partial charge in [-0.15, -0.1) is 0 Å². The van der Waals surface area contributed by atoms with Crippen LogP contribution >= 0.6 is 23.2 Å². The fraction of sp³-hybridized carbons (Fsp3) is 0.333. The van der Waals surface area contributed by atoms with Crippen LogP contribution in [0.5, 0.6) is 0 Å². The first-order chi connectivity index (χ1) is 18.8. The van der Waals surface area contributed by atoms with Crippen molar-refractivity contribution < 1.29 is 18.0 Å². The third-order valence-electron chi connectivity index (χ3n) is 6.42. The van der Waals surface area contributed by atoms with E-state index >= 15 is 0 Å². The summed E-state index contributed by atoms with van der Waals surface area (Å²) in [5.74, 6) is -0.877. The van der Waals surface area contributed by atoms with Crippen LogP contribution in [0, 0.1) is 13.8 Å². The molecule has 3 rings (SSSR count). The van der Waals surface area contributed by atoms with E-state index in [-0.39, 0.29) is 23.4 Å². The molecule has 0 spiro atoms. The van der Waals surface area contributed by atoms with Gasteiger partial charge in [-0.3, -0.25) is 13.9 Å². The second-order valence-corrected chi connectivity index (χ2v) is 12.7. The van der Waals surface area contributed by atoms with Crippen molar-refractivity contribution in [3.63, 3.8) is 0 Å². The van der Waals surface area contributed by atoms with E-state index in [1.54, 1.807) is 56.3 Å².